The van der Waals surface area contributed by atoms with Crippen LogP contribution < -0.4 is 9.80 Å². The standard InChI is InChI=1S/C75H60N4/c1-4-52(77-69-26-12-6-19-57(69)58-20-7-13-27-70(58)77)18-17-43-76-67-25-11-5-23-61(67)63-46-50(33-41-68(63)76)75(65-44-48(2)31-39-55(65)56-40-32-49(3)45-66(56)75)51-34-42-74-64(47-51)62-24-10-16-30-73(62)79(74)54-37-35-53(36-38-54)78-71-28-14-8-21-59(71)60-22-9-15-29-72(60)78/h4-29,31-42,44,46-47,49,61,67,73H,30,43,45H2,1-3H3/b18-17-,52-4+. The highest BCUT2D eigenvalue weighted by atomic mass is 15.2. The van der Waals surface area contributed by atoms with E-state index in [0.29, 0.717) is 5.92 Å². The van der Waals surface area contributed by atoms with E-state index < -0.39 is 5.41 Å². The molecule has 8 aromatic carbocycles. The number of fused-ring (bicyclic) bond motifs is 14. The molecule has 5 unspecified atom stereocenters. The molecule has 5 atom stereocenters. The Bertz CT molecular complexity index is 4370. The van der Waals surface area contributed by atoms with Crippen LogP contribution in [0.4, 0.5) is 17.1 Å². The molecular weight excluding hydrogens is 957 g/mol. The van der Waals surface area contributed by atoms with E-state index in [0.717, 1.165) is 19.4 Å². The monoisotopic (exact) mass is 1020 g/mol. The number of anilines is 3. The number of benzene rings is 8. The average molecular weight is 1020 g/mol. The van der Waals surface area contributed by atoms with E-state index in [2.05, 4.69) is 289 Å². The molecule has 0 radical (unpaired) electrons. The Morgan fingerprint density at radius 3 is 1.99 bits per heavy atom. The van der Waals surface area contributed by atoms with Gasteiger partial charge in [-0.25, -0.2) is 0 Å². The molecule has 4 heteroatoms. The molecule has 79 heavy (non-hydrogen) atoms. The van der Waals surface area contributed by atoms with Gasteiger partial charge in [0.25, 0.3) is 0 Å². The lowest BCUT2D eigenvalue weighted by Gasteiger charge is -2.38. The van der Waals surface area contributed by atoms with E-state index in [1.165, 1.54) is 128 Å². The molecule has 2 aliphatic heterocycles. The first-order chi connectivity index (χ1) is 39.0. The fourth-order valence-corrected chi connectivity index (χ4v) is 15.1. The molecule has 380 valence electrons. The molecule has 0 fully saturated rings. The summed E-state index contributed by atoms with van der Waals surface area (Å²) in [5, 5.41) is 5.12. The normalized spacial score (nSPS) is 21.7. The molecule has 0 saturated heterocycles. The van der Waals surface area contributed by atoms with Crippen LogP contribution in [0.2, 0.25) is 0 Å². The van der Waals surface area contributed by atoms with Gasteiger partial charge in [-0.05, 0) is 150 Å². The van der Waals surface area contributed by atoms with Gasteiger partial charge < -0.3 is 18.9 Å². The van der Waals surface area contributed by atoms with Gasteiger partial charge in [0.05, 0.1) is 39.6 Å². The molecule has 10 aromatic rings. The van der Waals surface area contributed by atoms with Gasteiger partial charge in [0, 0.05) is 68.0 Å². The van der Waals surface area contributed by atoms with E-state index in [1.54, 1.807) is 0 Å². The van der Waals surface area contributed by atoms with Crippen LogP contribution in [0.3, 0.4) is 0 Å². The average Bonchev–Trinajstić information content (AvgIpc) is 3.85. The third-order valence-electron chi connectivity index (χ3n) is 18.5. The number of aryl methyl sites for hydroxylation is 1. The van der Waals surface area contributed by atoms with Gasteiger partial charge in [0.2, 0.25) is 0 Å². The zero-order valence-electron chi connectivity index (χ0n) is 44.9. The summed E-state index contributed by atoms with van der Waals surface area (Å²) < 4.78 is 4.84. The van der Waals surface area contributed by atoms with Crippen LogP contribution in [0, 0.1) is 12.8 Å². The molecule has 0 saturated carbocycles. The van der Waals surface area contributed by atoms with Crippen LogP contribution in [-0.4, -0.2) is 27.8 Å². The van der Waals surface area contributed by atoms with Gasteiger partial charge in [0.1, 0.15) is 0 Å². The van der Waals surface area contributed by atoms with Crippen molar-refractivity contribution in [3.05, 3.63) is 293 Å². The van der Waals surface area contributed by atoms with Gasteiger partial charge >= 0.3 is 0 Å². The van der Waals surface area contributed by atoms with Crippen molar-refractivity contribution in [2.45, 2.75) is 57.0 Å². The largest absolute Gasteiger partial charge is 0.360 e. The number of aromatic nitrogens is 2. The molecule has 4 heterocycles. The first kappa shape index (κ1) is 46.0. The summed E-state index contributed by atoms with van der Waals surface area (Å²) in [5.74, 6) is 0.646. The van der Waals surface area contributed by atoms with Crippen LogP contribution in [0.25, 0.3) is 66.1 Å². The maximum absolute atomic E-state index is 2.64. The summed E-state index contributed by atoms with van der Waals surface area (Å²) in [4.78, 5) is 5.25. The molecule has 0 N–H and O–H groups in total. The molecule has 2 aromatic heterocycles. The van der Waals surface area contributed by atoms with Crippen molar-refractivity contribution in [1.82, 2.24) is 9.13 Å². The Hall–Kier alpha value is -9.12. The SMILES string of the molecule is C/C=C(\C=C/CN1c2ccc(C3(c4ccc5c(c4)C4=CC=CCC4N5c4ccc(-n5c6ccccc6c6ccccc65)cc4)C4=C(C=CC(C)C4)c4ccc(C)cc43)cc2C2C=CC=CC21)n1c2ccccc2c2ccccc21. The molecule has 4 aliphatic carbocycles. The van der Waals surface area contributed by atoms with Crippen molar-refractivity contribution in [2.24, 2.45) is 5.92 Å². The van der Waals surface area contributed by atoms with Gasteiger partial charge in [-0.2, -0.15) is 0 Å². The van der Waals surface area contributed by atoms with Crippen molar-refractivity contribution >= 4 is 77.5 Å². The summed E-state index contributed by atoms with van der Waals surface area (Å²) in [6.07, 6.45) is 30.2. The second-order valence-corrected chi connectivity index (χ2v) is 22.7. The Morgan fingerprint density at radius 1 is 0.620 bits per heavy atom. The highest BCUT2D eigenvalue weighted by Crippen LogP contribution is 2.61. The Balaban J connectivity index is 0.817. The minimum atomic E-state index is -0.502. The summed E-state index contributed by atoms with van der Waals surface area (Å²) in [7, 11) is 0. The zero-order valence-corrected chi connectivity index (χ0v) is 44.9. The van der Waals surface area contributed by atoms with Gasteiger partial charge in [-0.1, -0.05) is 189 Å². The number of hydrogen-bond donors (Lipinski definition) is 0. The number of rotatable bonds is 8. The van der Waals surface area contributed by atoms with Crippen LogP contribution in [0.1, 0.15) is 71.6 Å². The number of nitrogens with zero attached hydrogens (tertiary/aromatic N) is 4. The maximum Gasteiger partial charge on any atom is 0.0677 e. The van der Waals surface area contributed by atoms with E-state index in [4.69, 9.17) is 0 Å². The van der Waals surface area contributed by atoms with E-state index >= 15 is 0 Å². The van der Waals surface area contributed by atoms with E-state index in [9.17, 15) is 0 Å². The summed E-state index contributed by atoms with van der Waals surface area (Å²) in [5.41, 5.74) is 24.4. The highest BCUT2D eigenvalue weighted by molar-refractivity contribution is 6.11. The van der Waals surface area contributed by atoms with Gasteiger partial charge in [0.15, 0.2) is 0 Å². The van der Waals surface area contributed by atoms with Crippen molar-refractivity contribution in [3.63, 3.8) is 0 Å². The van der Waals surface area contributed by atoms with Crippen LogP contribution in [0.15, 0.2) is 254 Å². The lowest BCUT2D eigenvalue weighted by molar-refractivity contribution is 0.621. The third kappa shape index (κ3) is 6.67. The number of para-hydroxylation sites is 4. The molecule has 6 aliphatic rings. The fraction of sp³-hybridized carbons (Fsp3) is 0.147. The predicted molar refractivity (Wildman–Crippen MR) is 333 cm³/mol. The lowest BCUT2D eigenvalue weighted by atomic mass is 9.64. The first-order valence-electron chi connectivity index (χ1n) is 28.5. The van der Waals surface area contributed by atoms with Crippen molar-refractivity contribution in [1.29, 1.82) is 0 Å². The third-order valence-corrected chi connectivity index (χ3v) is 18.5. The molecular formula is C75H60N4. The molecule has 0 amide bonds. The van der Waals surface area contributed by atoms with Crippen LogP contribution >= 0.6 is 0 Å². The van der Waals surface area contributed by atoms with Crippen molar-refractivity contribution in [3.8, 4) is 5.69 Å². The second-order valence-electron chi connectivity index (χ2n) is 22.7. The van der Waals surface area contributed by atoms with Crippen LogP contribution in [-0.2, 0) is 5.41 Å². The van der Waals surface area contributed by atoms with Gasteiger partial charge in [-0.3, -0.25) is 0 Å². The number of allylic oxidation sites excluding steroid dienone is 11. The maximum atomic E-state index is 2.64. The number of hydrogen-bond acceptors (Lipinski definition) is 2. The quantitative estimate of drug-likeness (QED) is 0.141. The topological polar surface area (TPSA) is 16.3 Å². The minimum absolute atomic E-state index is 0.199. The second kappa shape index (κ2) is 17.7. The summed E-state index contributed by atoms with van der Waals surface area (Å²) >= 11 is 0. The van der Waals surface area contributed by atoms with E-state index in [1.807, 2.05) is 0 Å². The smallest absolute Gasteiger partial charge is 0.0677 e. The highest BCUT2D eigenvalue weighted by Gasteiger charge is 2.50. The van der Waals surface area contributed by atoms with Crippen LogP contribution in [0.5, 0.6) is 0 Å². The minimum Gasteiger partial charge on any atom is -0.360 e. The lowest BCUT2D eigenvalue weighted by Crippen LogP contribution is -2.32. The van der Waals surface area contributed by atoms with Crippen molar-refractivity contribution < 1.29 is 0 Å². The first-order valence-corrected chi connectivity index (χ1v) is 28.5. The van der Waals surface area contributed by atoms with Crippen molar-refractivity contribution in [2.75, 3.05) is 16.3 Å². The predicted octanol–water partition coefficient (Wildman–Crippen LogP) is 18.3. The van der Waals surface area contributed by atoms with Gasteiger partial charge in [-0.15, -0.1) is 0 Å². The molecule has 0 spiro atoms. The summed E-state index contributed by atoms with van der Waals surface area (Å²) in [6.45, 7) is 7.62. The fourth-order valence-electron chi connectivity index (χ4n) is 15.1. The Labute approximate surface area is 462 Å². The Morgan fingerprint density at radius 2 is 1.27 bits per heavy atom. The molecule has 0 bridgehead atoms. The zero-order chi connectivity index (χ0) is 52.5. The molecule has 4 nitrogen and oxygen atoms in total. The van der Waals surface area contributed by atoms with E-state index in [-0.39, 0.29) is 18.0 Å². The Kier molecular flexibility index (Phi) is 10.3. The summed E-state index contributed by atoms with van der Waals surface area (Å²) in [6, 6.07) is 67.3. The molecule has 16 rings (SSSR count).